The van der Waals surface area contributed by atoms with Crippen molar-refractivity contribution in [3.05, 3.63) is 24.8 Å². The average Bonchev–Trinajstić information content (AvgIpc) is 2.14. The van der Waals surface area contributed by atoms with Crippen LogP contribution in [0.1, 0.15) is 40.5 Å². The molecule has 1 rings (SSSR count). The van der Waals surface area contributed by atoms with Gasteiger partial charge in [-0.05, 0) is 39.0 Å². The van der Waals surface area contributed by atoms with Crippen molar-refractivity contribution >= 4 is 0 Å². The standard InChI is InChI=1S/C15H26O2/c1-7-15(6)9-8-11(14(4,5)17)13(16)12(15)10(2)3/h7,11-13,16-17H,1-2,8-9H2,3-6H3/t11-,12-,13+,15-/m1/s1. The largest absolute Gasteiger partial charge is 0.392 e. The van der Waals surface area contributed by atoms with Crippen LogP contribution in [0.5, 0.6) is 0 Å². The first-order chi connectivity index (χ1) is 7.63. The fraction of sp³-hybridized carbons (Fsp3) is 0.733. The fourth-order valence-corrected chi connectivity index (χ4v) is 3.27. The van der Waals surface area contributed by atoms with Gasteiger partial charge >= 0.3 is 0 Å². The van der Waals surface area contributed by atoms with Crippen molar-refractivity contribution in [2.24, 2.45) is 17.3 Å². The first-order valence-corrected chi connectivity index (χ1v) is 6.33. The zero-order chi connectivity index (χ0) is 13.4. The zero-order valence-corrected chi connectivity index (χ0v) is 11.5. The molecule has 0 amide bonds. The number of hydrogen-bond acceptors (Lipinski definition) is 2. The van der Waals surface area contributed by atoms with Crippen molar-refractivity contribution in [3.8, 4) is 0 Å². The highest BCUT2D eigenvalue weighted by molar-refractivity contribution is 5.16. The summed E-state index contributed by atoms with van der Waals surface area (Å²) in [6.45, 7) is 15.5. The summed E-state index contributed by atoms with van der Waals surface area (Å²) in [6.07, 6.45) is 3.12. The van der Waals surface area contributed by atoms with Crippen molar-refractivity contribution in [3.63, 3.8) is 0 Å². The highest BCUT2D eigenvalue weighted by atomic mass is 16.3. The van der Waals surface area contributed by atoms with Crippen LogP contribution in [0.15, 0.2) is 24.8 Å². The Kier molecular flexibility index (Phi) is 3.90. The maximum absolute atomic E-state index is 10.5. The molecule has 0 heterocycles. The molecule has 1 aliphatic carbocycles. The van der Waals surface area contributed by atoms with Crippen LogP contribution in [0.3, 0.4) is 0 Å². The predicted octanol–water partition coefficient (Wildman–Crippen LogP) is 2.91. The maximum atomic E-state index is 10.5. The van der Waals surface area contributed by atoms with Crippen LogP contribution in [0.25, 0.3) is 0 Å². The number of rotatable bonds is 3. The van der Waals surface area contributed by atoms with Crippen LogP contribution in [0.4, 0.5) is 0 Å². The summed E-state index contributed by atoms with van der Waals surface area (Å²) in [5.74, 6) is -0.123. The molecule has 2 N–H and O–H groups in total. The molecule has 17 heavy (non-hydrogen) atoms. The van der Waals surface area contributed by atoms with Gasteiger partial charge in [0.05, 0.1) is 11.7 Å². The summed E-state index contributed by atoms with van der Waals surface area (Å²) in [5, 5.41) is 20.7. The number of hydrogen-bond donors (Lipinski definition) is 2. The summed E-state index contributed by atoms with van der Waals surface area (Å²) >= 11 is 0. The first-order valence-electron chi connectivity index (χ1n) is 6.33. The lowest BCUT2D eigenvalue weighted by molar-refractivity contribution is -0.105. The van der Waals surface area contributed by atoms with Gasteiger partial charge in [-0.1, -0.05) is 25.2 Å². The molecular weight excluding hydrogens is 212 g/mol. The monoisotopic (exact) mass is 238 g/mol. The smallest absolute Gasteiger partial charge is 0.0668 e. The molecule has 0 spiro atoms. The normalized spacial score (nSPS) is 38.8. The van der Waals surface area contributed by atoms with Crippen molar-refractivity contribution in [1.29, 1.82) is 0 Å². The van der Waals surface area contributed by atoms with Crippen molar-refractivity contribution < 1.29 is 10.2 Å². The lowest BCUT2D eigenvalue weighted by Crippen LogP contribution is -2.51. The molecule has 2 heteroatoms. The van der Waals surface area contributed by atoms with E-state index in [2.05, 4.69) is 20.1 Å². The van der Waals surface area contributed by atoms with E-state index < -0.39 is 11.7 Å². The molecule has 0 aromatic heterocycles. The maximum Gasteiger partial charge on any atom is 0.0668 e. The second kappa shape index (κ2) is 4.58. The number of aliphatic hydroxyl groups excluding tert-OH is 1. The third-order valence-corrected chi connectivity index (χ3v) is 4.36. The molecule has 1 aliphatic rings. The summed E-state index contributed by atoms with van der Waals surface area (Å²) < 4.78 is 0. The molecule has 0 saturated heterocycles. The Balaban J connectivity index is 3.08. The van der Waals surface area contributed by atoms with Crippen LogP contribution in [-0.2, 0) is 0 Å². The lowest BCUT2D eigenvalue weighted by atomic mass is 9.58. The second-order valence-electron chi connectivity index (χ2n) is 6.32. The minimum absolute atomic E-state index is 0.0230. The van der Waals surface area contributed by atoms with Gasteiger partial charge in [0.25, 0.3) is 0 Å². The molecule has 0 bridgehead atoms. The van der Waals surface area contributed by atoms with Gasteiger partial charge in [0, 0.05) is 11.8 Å². The predicted molar refractivity (Wildman–Crippen MR) is 71.6 cm³/mol. The van der Waals surface area contributed by atoms with Gasteiger partial charge in [-0.2, -0.15) is 0 Å². The topological polar surface area (TPSA) is 40.5 Å². The van der Waals surface area contributed by atoms with E-state index in [1.54, 1.807) is 13.8 Å². The Hall–Kier alpha value is -0.600. The molecule has 1 saturated carbocycles. The number of aliphatic hydroxyl groups is 2. The second-order valence-corrected chi connectivity index (χ2v) is 6.32. The van der Waals surface area contributed by atoms with Crippen LogP contribution in [-0.4, -0.2) is 21.9 Å². The minimum atomic E-state index is -0.852. The summed E-state index contributed by atoms with van der Waals surface area (Å²) in [4.78, 5) is 0. The minimum Gasteiger partial charge on any atom is -0.392 e. The Morgan fingerprint density at radius 3 is 2.35 bits per heavy atom. The highest BCUT2D eigenvalue weighted by Gasteiger charge is 2.48. The van der Waals surface area contributed by atoms with E-state index in [4.69, 9.17) is 0 Å². The average molecular weight is 238 g/mol. The Labute approximate surface area is 105 Å². The number of allylic oxidation sites excluding steroid dienone is 1. The highest BCUT2D eigenvalue weighted by Crippen LogP contribution is 2.49. The summed E-state index contributed by atoms with van der Waals surface area (Å²) in [5.41, 5.74) is -0.00310. The molecule has 0 radical (unpaired) electrons. The molecule has 2 nitrogen and oxygen atoms in total. The lowest BCUT2D eigenvalue weighted by Gasteiger charge is -2.49. The Bertz CT molecular complexity index is 313. The van der Waals surface area contributed by atoms with E-state index in [0.717, 1.165) is 18.4 Å². The van der Waals surface area contributed by atoms with E-state index >= 15 is 0 Å². The zero-order valence-electron chi connectivity index (χ0n) is 11.5. The summed E-state index contributed by atoms with van der Waals surface area (Å²) in [7, 11) is 0. The fourth-order valence-electron chi connectivity index (χ4n) is 3.27. The van der Waals surface area contributed by atoms with E-state index in [-0.39, 0.29) is 17.3 Å². The van der Waals surface area contributed by atoms with Gasteiger partial charge in [-0.3, -0.25) is 0 Å². The van der Waals surface area contributed by atoms with Gasteiger partial charge < -0.3 is 10.2 Å². The van der Waals surface area contributed by atoms with Gasteiger partial charge in [0.2, 0.25) is 0 Å². The molecule has 1 fully saturated rings. The van der Waals surface area contributed by atoms with E-state index in [9.17, 15) is 10.2 Å². The van der Waals surface area contributed by atoms with Crippen molar-refractivity contribution in [2.45, 2.75) is 52.2 Å². The van der Waals surface area contributed by atoms with E-state index in [0.29, 0.717) is 0 Å². The van der Waals surface area contributed by atoms with Crippen LogP contribution in [0.2, 0.25) is 0 Å². The molecular formula is C15H26O2. The summed E-state index contributed by atoms with van der Waals surface area (Å²) in [6, 6.07) is 0. The quantitative estimate of drug-likeness (QED) is 0.742. The van der Waals surface area contributed by atoms with Crippen LogP contribution < -0.4 is 0 Å². The van der Waals surface area contributed by atoms with E-state index in [1.807, 2.05) is 13.0 Å². The van der Waals surface area contributed by atoms with Crippen molar-refractivity contribution in [2.75, 3.05) is 0 Å². The van der Waals surface area contributed by atoms with Crippen LogP contribution in [0, 0.1) is 17.3 Å². The van der Waals surface area contributed by atoms with Crippen molar-refractivity contribution in [1.82, 2.24) is 0 Å². The van der Waals surface area contributed by atoms with Crippen LogP contribution >= 0.6 is 0 Å². The molecule has 0 aromatic rings. The molecule has 4 atom stereocenters. The third-order valence-electron chi connectivity index (χ3n) is 4.36. The third kappa shape index (κ3) is 2.63. The molecule has 0 aliphatic heterocycles. The Morgan fingerprint density at radius 2 is 2.00 bits per heavy atom. The molecule has 98 valence electrons. The first kappa shape index (κ1) is 14.5. The Morgan fingerprint density at radius 1 is 1.47 bits per heavy atom. The molecule has 0 unspecified atom stereocenters. The van der Waals surface area contributed by atoms with Gasteiger partial charge in [0.1, 0.15) is 0 Å². The SMILES string of the molecule is C=C[C@]1(C)CC[C@@H](C(C)(C)O)[C@H](O)[C@H]1C(=C)C. The van der Waals surface area contributed by atoms with Gasteiger partial charge in [-0.25, -0.2) is 0 Å². The van der Waals surface area contributed by atoms with E-state index in [1.165, 1.54) is 0 Å². The molecule has 0 aromatic carbocycles. The van der Waals surface area contributed by atoms with Gasteiger partial charge in [0.15, 0.2) is 0 Å². The van der Waals surface area contributed by atoms with Gasteiger partial charge in [-0.15, -0.1) is 6.58 Å².